The molecule has 0 aliphatic heterocycles. The van der Waals surface area contributed by atoms with E-state index in [2.05, 4.69) is 20.4 Å². The number of ether oxygens (including phenoxy) is 1. The summed E-state index contributed by atoms with van der Waals surface area (Å²) in [4.78, 5) is 10.5. The smallest absolute Gasteiger partial charge is 0.228 e. The number of hydrogen-bond acceptors (Lipinski definition) is 5. The molecule has 1 N–H and O–H groups in total. The van der Waals surface area contributed by atoms with Crippen molar-refractivity contribution < 1.29 is 13.7 Å². The molecule has 0 atom stereocenters. The first-order valence-corrected chi connectivity index (χ1v) is 8.51. The lowest BCUT2D eigenvalue weighted by Crippen LogP contribution is -2.39. The number of hydrogen-bond donors (Lipinski definition) is 1. The van der Waals surface area contributed by atoms with Crippen LogP contribution in [0.4, 0.5) is 4.39 Å². The van der Waals surface area contributed by atoms with E-state index in [0.717, 1.165) is 5.56 Å². The van der Waals surface area contributed by atoms with E-state index in [9.17, 15) is 4.39 Å². The van der Waals surface area contributed by atoms with Gasteiger partial charge in [0.15, 0.2) is 23.4 Å². The first-order chi connectivity index (χ1) is 12.4. The van der Waals surface area contributed by atoms with Crippen molar-refractivity contribution in [3.63, 3.8) is 0 Å². The molecular weight excluding hydrogens is 337 g/mol. The Bertz CT molecular complexity index is 745. The van der Waals surface area contributed by atoms with E-state index in [4.69, 9.17) is 9.26 Å². The zero-order chi connectivity index (χ0) is 19.1. The summed E-state index contributed by atoms with van der Waals surface area (Å²) >= 11 is 0. The number of rotatable bonds is 7. The second-order valence-corrected chi connectivity index (χ2v) is 6.25. The van der Waals surface area contributed by atoms with Crippen LogP contribution in [0.5, 0.6) is 5.75 Å². The van der Waals surface area contributed by atoms with E-state index in [1.54, 1.807) is 13.1 Å². The Kier molecular flexibility index (Phi) is 6.94. The molecule has 2 aromatic rings. The summed E-state index contributed by atoms with van der Waals surface area (Å²) in [6.07, 6.45) is 0.601. The molecule has 0 radical (unpaired) electrons. The van der Waals surface area contributed by atoms with Crippen LogP contribution in [0.3, 0.4) is 0 Å². The molecule has 0 amide bonds. The van der Waals surface area contributed by atoms with Crippen LogP contribution < -0.4 is 10.1 Å². The molecule has 1 aromatic heterocycles. The van der Waals surface area contributed by atoms with Crippen molar-refractivity contribution in [3.8, 4) is 5.75 Å². The lowest BCUT2D eigenvalue weighted by molar-refractivity contribution is 0.370. The largest absolute Gasteiger partial charge is 0.494 e. The minimum Gasteiger partial charge on any atom is -0.494 e. The SMILES string of the molecule is CN=C(NCCc1nc(C(C)C)no1)N(C)Cc1ccc(OC)c(F)c1. The summed E-state index contributed by atoms with van der Waals surface area (Å²) in [5.41, 5.74) is 0.826. The predicted octanol–water partition coefficient (Wildman–Crippen LogP) is 2.59. The molecule has 0 bridgehead atoms. The lowest BCUT2D eigenvalue weighted by atomic mass is 10.2. The highest BCUT2D eigenvalue weighted by Crippen LogP contribution is 2.18. The number of benzene rings is 1. The van der Waals surface area contributed by atoms with Gasteiger partial charge in [0.05, 0.1) is 7.11 Å². The molecule has 0 fully saturated rings. The summed E-state index contributed by atoms with van der Waals surface area (Å²) in [5.74, 6) is 2.10. The fourth-order valence-corrected chi connectivity index (χ4v) is 2.43. The van der Waals surface area contributed by atoms with Crippen molar-refractivity contribution in [1.29, 1.82) is 0 Å². The highest BCUT2D eigenvalue weighted by atomic mass is 19.1. The topological polar surface area (TPSA) is 75.8 Å². The molecule has 0 saturated heterocycles. The predicted molar refractivity (Wildman–Crippen MR) is 97.9 cm³/mol. The monoisotopic (exact) mass is 363 g/mol. The Balaban J connectivity index is 1.88. The van der Waals surface area contributed by atoms with Crippen LogP contribution in [0.15, 0.2) is 27.7 Å². The molecule has 0 aliphatic carbocycles. The Labute approximate surface area is 153 Å². The van der Waals surface area contributed by atoms with Gasteiger partial charge >= 0.3 is 0 Å². The Hall–Kier alpha value is -2.64. The van der Waals surface area contributed by atoms with Crippen LogP contribution >= 0.6 is 0 Å². The van der Waals surface area contributed by atoms with E-state index in [1.807, 2.05) is 31.9 Å². The van der Waals surface area contributed by atoms with Gasteiger partial charge in [-0.3, -0.25) is 4.99 Å². The molecule has 1 heterocycles. The van der Waals surface area contributed by atoms with E-state index in [0.29, 0.717) is 37.2 Å². The molecule has 0 saturated carbocycles. The molecule has 0 spiro atoms. The first kappa shape index (κ1) is 19.7. The Morgan fingerprint density at radius 3 is 2.77 bits per heavy atom. The average Bonchev–Trinajstić information content (AvgIpc) is 3.08. The summed E-state index contributed by atoms with van der Waals surface area (Å²) in [6, 6.07) is 4.92. The molecular formula is C18H26FN5O2. The van der Waals surface area contributed by atoms with Gasteiger partial charge in [-0.25, -0.2) is 4.39 Å². The van der Waals surface area contributed by atoms with Gasteiger partial charge in [0, 0.05) is 39.5 Å². The number of nitrogens with zero attached hydrogens (tertiary/aromatic N) is 4. The van der Waals surface area contributed by atoms with Gasteiger partial charge in [-0.05, 0) is 17.7 Å². The minimum atomic E-state index is -0.376. The van der Waals surface area contributed by atoms with Crippen LogP contribution in [-0.4, -0.2) is 48.8 Å². The highest BCUT2D eigenvalue weighted by molar-refractivity contribution is 5.79. The highest BCUT2D eigenvalue weighted by Gasteiger charge is 2.12. The fraction of sp³-hybridized carbons (Fsp3) is 0.500. The number of guanidine groups is 1. The maximum absolute atomic E-state index is 13.8. The second-order valence-electron chi connectivity index (χ2n) is 6.25. The van der Waals surface area contributed by atoms with Crippen molar-refractivity contribution in [2.45, 2.75) is 32.7 Å². The van der Waals surface area contributed by atoms with Gasteiger partial charge in [-0.15, -0.1) is 0 Å². The zero-order valence-corrected chi connectivity index (χ0v) is 15.9. The van der Waals surface area contributed by atoms with Gasteiger partial charge < -0.3 is 19.5 Å². The molecule has 2 rings (SSSR count). The molecule has 26 heavy (non-hydrogen) atoms. The van der Waals surface area contributed by atoms with Gasteiger partial charge in [-0.2, -0.15) is 4.98 Å². The standard InChI is InChI=1S/C18H26FN5O2/c1-12(2)17-22-16(26-23-17)8-9-21-18(20-3)24(4)11-13-6-7-15(25-5)14(19)10-13/h6-7,10,12H,8-9,11H2,1-5H3,(H,20,21). The molecule has 0 aliphatic rings. The fourth-order valence-electron chi connectivity index (χ4n) is 2.43. The third-order valence-electron chi connectivity index (χ3n) is 3.83. The van der Waals surface area contributed by atoms with E-state index in [-0.39, 0.29) is 17.5 Å². The van der Waals surface area contributed by atoms with Crippen LogP contribution in [0, 0.1) is 5.82 Å². The normalized spacial score (nSPS) is 11.7. The van der Waals surface area contributed by atoms with Crippen molar-refractivity contribution >= 4 is 5.96 Å². The Morgan fingerprint density at radius 1 is 1.42 bits per heavy atom. The molecule has 1 aromatic carbocycles. The summed E-state index contributed by atoms with van der Waals surface area (Å²) < 4.78 is 24.0. The third-order valence-corrected chi connectivity index (χ3v) is 3.83. The van der Waals surface area contributed by atoms with Crippen molar-refractivity contribution in [3.05, 3.63) is 41.3 Å². The number of nitrogens with one attached hydrogen (secondary N) is 1. The minimum absolute atomic E-state index is 0.235. The van der Waals surface area contributed by atoms with Gasteiger partial charge in [0.1, 0.15) is 0 Å². The van der Waals surface area contributed by atoms with Crippen molar-refractivity contribution in [1.82, 2.24) is 20.4 Å². The average molecular weight is 363 g/mol. The maximum atomic E-state index is 13.8. The third kappa shape index (κ3) is 5.18. The van der Waals surface area contributed by atoms with Crippen molar-refractivity contribution in [2.75, 3.05) is 27.7 Å². The van der Waals surface area contributed by atoms with Gasteiger partial charge in [-0.1, -0.05) is 25.1 Å². The second kappa shape index (κ2) is 9.17. The molecule has 7 nitrogen and oxygen atoms in total. The quantitative estimate of drug-likeness (QED) is 0.602. The first-order valence-electron chi connectivity index (χ1n) is 8.51. The van der Waals surface area contributed by atoms with E-state index < -0.39 is 0 Å². The van der Waals surface area contributed by atoms with Crippen LogP contribution in [0.1, 0.15) is 37.0 Å². The summed E-state index contributed by atoms with van der Waals surface area (Å²) in [6.45, 7) is 5.16. The van der Waals surface area contributed by atoms with E-state index >= 15 is 0 Å². The van der Waals surface area contributed by atoms with E-state index in [1.165, 1.54) is 13.2 Å². The molecule has 0 unspecified atom stereocenters. The number of aromatic nitrogens is 2. The lowest BCUT2D eigenvalue weighted by Gasteiger charge is -2.22. The maximum Gasteiger partial charge on any atom is 0.228 e. The van der Waals surface area contributed by atoms with Crippen LogP contribution in [0.2, 0.25) is 0 Å². The van der Waals surface area contributed by atoms with Crippen LogP contribution in [-0.2, 0) is 13.0 Å². The Morgan fingerprint density at radius 2 is 2.19 bits per heavy atom. The summed E-state index contributed by atoms with van der Waals surface area (Å²) in [7, 11) is 5.04. The van der Waals surface area contributed by atoms with Crippen LogP contribution in [0.25, 0.3) is 0 Å². The number of aliphatic imine (C=N–C) groups is 1. The molecule has 142 valence electrons. The zero-order valence-electron chi connectivity index (χ0n) is 15.9. The summed E-state index contributed by atoms with van der Waals surface area (Å²) in [5, 5.41) is 7.19. The number of halogens is 1. The van der Waals surface area contributed by atoms with Crippen molar-refractivity contribution in [2.24, 2.45) is 4.99 Å². The van der Waals surface area contributed by atoms with Gasteiger partial charge in [0.25, 0.3) is 0 Å². The molecule has 8 heteroatoms. The van der Waals surface area contributed by atoms with Gasteiger partial charge in [0.2, 0.25) is 5.89 Å². The number of methoxy groups -OCH3 is 1.